The van der Waals surface area contributed by atoms with Crippen LogP contribution in [0.25, 0.3) is 10.9 Å². The number of carboxylic acids is 1. The third kappa shape index (κ3) is 2.97. The molecule has 0 aliphatic rings. The molecule has 0 aliphatic heterocycles. The number of nitro benzene ring substituents is 1. The Morgan fingerprint density at radius 3 is 2.90 bits per heavy atom. The van der Waals surface area contributed by atoms with Crippen molar-refractivity contribution in [3.05, 3.63) is 53.2 Å². The Morgan fingerprint density at radius 2 is 2.29 bits per heavy atom. The topological polar surface area (TPSA) is 105 Å². The highest BCUT2D eigenvalue weighted by molar-refractivity contribution is 5.95. The number of hydrogen-bond acceptors (Lipinski definition) is 5. The van der Waals surface area contributed by atoms with Gasteiger partial charge in [0.25, 0.3) is 0 Å². The minimum absolute atomic E-state index is 0.148. The molecule has 0 saturated carbocycles. The summed E-state index contributed by atoms with van der Waals surface area (Å²) in [6, 6.07) is 5.27. The summed E-state index contributed by atoms with van der Waals surface area (Å²) in [6.45, 7) is 3.48. The highest BCUT2D eigenvalue weighted by atomic mass is 16.6. The van der Waals surface area contributed by atoms with E-state index in [0.717, 1.165) is 0 Å². The number of pyridine rings is 1. The first kappa shape index (κ1) is 14.4. The van der Waals surface area contributed by atoms with E-state index in [2.05, 4.69) is 16.9 Å². The summed E-state index contributed by atoms with van der Waals surface area (Å²) in [7, 11) is 0. The van der Waals surface area contributed by atoms with Crippen LogP contribution in [0.1, 0.15) is 6.42 Å². The molecule has 0 saturated heterocycles. The fraction of sp³-hybridized carbons (Fsp3) is 0.143. The lowest BCUT2D eigenvalue weighted by Crippen LogP contribution is -2.28. The third-order valence-corrected chi connectivity index (χ3v) is 2.97. The summed E-state index contributed by atoms with van der Waals surface area (Å²) >= 11 is 0. The lowest BCUT2D eigenvalue weighted by atomic mass is 10.1. The number of aliphatic carboxylic acids is 1. The van der Waals surface area contributed by atoms with Gasteiger partial charge in [-0.3, -0.25) is 15.1 Å². The molecule has 2 N–H and O–H groups in total. The second-order valence-electron chi connectivity index (χ2n) is 4.35. The molecule has 1 atom stereocenters. The molecule has 7 nitrogen and oxygen atoms in total. The summed E-state index contributed by atoms with van der Waals surface area (Å²) in [6.07, 6.45) is 3.13. The van der Waals surface area contributed by atoms with Crippen LogP contribution in [0, 0.1) is 10.1 Å². The quantitative estimate of drug-likeness (QED) is 0.480. The van der Waals surface area contributed by atoms with Crippen molar-refractivity contribution in [1.82, 2.24) is 4.98 Å². The van der Waals surface area contributed by atoms with E-state index in [1.54, 1.807) is 18.2 Å². The Labute approximate surface area is 120 Å². The number of anilines is 1. The molecule has 2 aromatic rings. The molecule has 2 rings (SSSR count). The molecule has 108 valence electrons. The van der Waals surface area contributed by atoms with E-state index < -0.39 is 16.9 Å². The van der Waals surface area contributed by atoms with E-state index in [9.17, 15) is 14.9 Å². The maximum atomic E-state index is 11.3. The monoisotopic (exact) mass is 287 g/mol. The van der Waals surface area contributed by atoms with Gasteiger partial charge in [0.15, 0.2) is 0 Å². The number of nitrogens with zero attached hydrogens (tertiary/aromatic N) is 2. The number of rotatable bonds is 6. The van der Waals surface area contributed by atoms with Crippen LogP contribution in [0.3, 0.4) is 0 Å². The van der Waals surface area contributed by atoms with E-state index in [4.69, 9.17) is 5.11 Å². The molecular formula is C14H13N3O4. The Hall–Kier alpha value is -2.96. The summed E-state index contributed by atoms with van der Waals surface area (Å²) in [4.78, 5) is 26.0. The Kier molecular flexibility index (Phi) is 4.13. The molecule has 1 unspecified atom stereocenters. The average Bonchev–Trinajstić information content (AvgIpc) is 2.45. The van der Waals surface area contributed by atoms with Crippen molar-refractivity contribution in [3.63, 3.8) is 0 Å². The van der Waals surface area contributed by atoms with Gasteiger partial charge in [-0.15, -0.1) is 6.58 Å². The van der Waals surface area contributed by atoms with Crippen LogP contribution in [0.15, 0.2) is 43.1 Å². The largest absolute Gasteiger partial charge is 0.480 e. The molecule has 0 bridgehead atoms. The average molecular weight is 287 g/mol. The third-order valence-electron chi connectivity index (χ3n) is 2.97. The molecule has 1 heterocycles. The minimum atomic E-state index is -1.10. The second kappa shape index (κ2) is 6.00. The molecule has 7 heteroatoms. The van der Waals surface area contributed by atoms with Crippen molar-refractivity contribution in [2.45, 2.75) is 12.5 Å². The fourth-order valence-corrected chi connectivity index (χ4v) is 2.03. The van der Waals surface area contributed by atoms with E-state index in [1.165, 1.54) is 18.3 Å². The van der Waals surface area contributed by atoms with Gasteiger partial charge in [-0.05, 0) is 30.7 Å². The van der Waals surface area contributed by atoms with Crippen LogP contribution in [0.2, 0.25) is 0 Å². The molecule has 21 heavy (non-hydrogen) atoms. The minimum Gasteiger partial charge on any atom is -0.480 e. The van der Waals surface area contributed by atoms with Gasteiger partial charge in [-0.1, -0.05) is 6.08 Å². The predicted molar refractivity (Wildman–Crippen MR) is 78.3 cm³/mol. The number of hydrogen-bond donors (Lipinski definition) is 2. The SMILES string of the molecule is C=CCC(Nc1ccc2ncccc2c1[N+](=O)[O-])C(=O)O. The number of aromatic nitrogens is 1. The van der Waals surface area contributed by atoms with Gasteiger partial charge in [0.05, 0.1) is 15.8 Å². The molecular weight excluding hydrogens is 274 g/mol. The number of carboxylic acid groups (broad SMARTS) is 1. The summed E-state index contributed by atoms with van der Waals surface area (Å²) in [5.41, 5.74) is 0.441. The fourth-order valence-electron chi connectivity index (χ4n) is 2.03. The first-order chi connectivity index (χ1) is 10.0. The zero-order valence-corrected chi connectivity index (χ0v) is 11.0. The zero-order valence-electron chi connectivity index (χ0n) is 11.0. The first-order valence-electron chi connectivity index (χ1n) is 6.17. The van der Waals surface area contributed by atoms with Gasteiger partial charge in [-0.25, -0.2) is 4.79 Å². The molecule has 0 radical (unpaired) electrons. The Balaban J connectivity index is 2.53. The highest BCUT2D eigenvalue weighted by Gasteiger charge is 2.23. The van der Waals surface area contributed by atoms with Gasteiger partial charge in [0.2, 0.25) is 0 Å². The van der Waals surface area contributed by atoms with Crippen LogP contribution in [0.4, 0.5) is 11.4 Å². The van der Waals surface area contributed by atoms with Crippen molar-refractivity contribution < 1.29 is 14.8 Å². The zero-order chi connectivity index (χ0) is 15.4. The number of fused-ring (bicyclic) bond motifs is 1. The lowest BCUT2D eigenvalue weighted by Gasteiger charge is -2.14. The van der Waals surface area contributed by atoms with Gasteiger partial charge < -0.3 is 10.4 Å². The maximum Gasteiger partial charge on any atom is 0.326 e. The standard InChI is InChI=1S/C14H13N3O4/c1-2-4-12(14(18)19)16-11-7-6-10-9(5-3-8-15-10)13(11)17(20)21/h2-3,5-8,12,16H,1,4H2,(H,18,19). The number of carbonyl (C=O) groups is 1. The second-order valence-corrected chi connectivity index (χ2v) is 4.35. The van der Waals surface area contributed by atoms with Gasteiger partial charge in [0.1, 0.15) is 11.7 Å². The van der Waals surface area contributed by atoms with Crippen LogP contribution in [-0.2, 0) is 4.79 Å². The number of nitrogens with one attached hydrogen (secondary N) is 1. The number of benzene rings is 1. The predicted octanol–water partition coefficient (Wildman–Crippen LogP) is 2.58. The van der Waals surface area contributed by atoms with E-state index in [1.807, 2.05) is 0 Å². The summed E-state index contributed by atoms with van der Waals surface area (Å²) in [5, 5.41) is 23.5. The van der Waals surface area contributed by atoms with Gasteiger partial charge >= 0.3 is 11.7 Å². The first-order valence-corrected chi connectivity index (χ1v) is 6.17. The van der Waals surface area contributed by atoms with E-state index in [0.29, 0.717) is 10.9 Å². The van der Waals surface area contributed by atoms with E-state index >= 15 is 0 Å². The molecule has 0 spiro atoms. The highest BCUT2D eigenvalue weighted by Crippen LogP contribution is 2.33. The van der Waals surface area contributed by atoms with Crippen LogP contribution >= 0.6 is 0 Å². The van der Waals surface area contributed by atoms with Crippen LogP contribution in [0.5, 0.6) is 0 Å². The molecule has 1 aromatic carbocycles. The van der Waals surface area contributed by atoms with Crippen molar-refractivity contribution in [2.75, 3.05) is 5.32 Å². The van der Waals surface area contributed by atoms with Crippen LogP contribution < -0.4 is 5.32 Å². The summed E-state index contributed by atoms with van der Waals surface area (Å²) in [5.74, 6) is -1.10. The van der Waals surface area contributed by atoms with Crippen molar-refractivity contribution in [1.29, 1.82) is 0 Å². The molecule has 0 aliphatic carbocycles. The lowest BCUT2D eigenvalue weighted by molar-refractivity contribution is -0.382. The van der Waals surface area contributed by atoms with Crippen molar-refractivity contribution in [3.8, 4) is 0 Å². The van der Waals surface area contributed by atoms with Gasteiger partial charge in [-0.2, -0.15) is 0 Å². The number of nitro groups is 1. The van der Waals surface area contributed by atoms with Crippen molar-refractivity contribution in [2.24, 2.45) is 0 Å². The molecule has 0 fully saturated rings. The normalized spacial score (nSPS) is 11.8. The smallest absolute Gasteiger partial charge is 0.326 e. The van der Waals surface area contributed by atoms with E-state index in [-0.39, 0.29) is 17.8 Å². The molecule has 1 aromatic heterocycles. The van der Waals surface area contributed by atoms with Crippen molar-refractivity contribution >= 4 is 28.2 Å². The summed E-state index contributed by atoms with van der Waals surface area (Å²) < 4.78 is 0. The van der Waals surface area contributed by atoms with Gasteiger partial charge in [0, 0.05) is 6.20 Å². The maximum absolute atomic E-state index is 11.3. The van der Waals surface area contributed by atoms with Crippen LogP contribution in [-0.4, -0.2) is 27.0 Å². The Morgan fingerprint density at radius 1 is 1.52 bits per heavy atom. The Bertz CT molecular complexity index is 714. The molecule has 0 amide bonds.